The molecule has 2 saturated heterocycles. The van der Waals surface area contributed by atoms with Crippen LogP contribution in [0.5, 0.6) is 0 Å². The summed E-state index contributed by atoms with van der Waals surface area (Å²) in [5, 5.41) is 11.0. The zero-order valence-electron chi connectivity index (χ0n) is 20.5. The molecule has 4 nitrogen and oxygen atoms in total. The summed E-state index contributed by atoms with van der Waals surface area (Å²) in [5.74, 6) is 0.361. The molecule has 34 heavy (non-hydrogen) atoms. The van der Waals surface area contributed by atoms with Crippen molar-refractivity contribution in [1.82, 2.24) is 9.80 Å². The highest BCUT2D eigenvalue weighted by Gasteiger charge is 2.41. The van der Waals surface area contributed by atoms with E-state index in [-0.39, 0.29) is 17.9 Å². The summed E-state index contributed by atoms with van der Waals surface area (Å²) < 4.78 is 0. The zero-order valence-corrected chi connectivity index (χ0v) is 20.5. The fourth-order valence-electron chi connectivity index (χ4n) is 6.32. The van der Waals surface area contributed by atoms with E-state index in [9.17, 15) is 9.90 Å². The number of likely N-dealkylation sites (tertiary alicyclic amines) is 2. The quantitative estimate of drug-likeness (QED) is 0.667. The molecule has 2 aliphatic heterocycles. The first-order valence-corrected chi connectivity index (χ1v) is 13.0. The molecule has 2 heterocycles. The van der Waals surface area contributed by atoms with Gasteiger partial charge in [0, 0.05) is 25.7 Å². The predicted molar refractivity (Wildman–Crippen MR) is 138 cm³/mol. The number of amides is 1. The van der Waals surface area contributed by atoms with E-state index in [1.165, 1.54) is 31.2 Å². The molecular formula is C30H38N2O2. The van der Waals surface area contributed by atoms with E-state index in [0.29, 0.717) is 5.41 Å². The van der Waals surface area contributed by atoms with Gasteiger partial charge in [0.15, 0.2) is 0 Å². The van der Waals surface area contributed by atoms with Gasteiger partial charge in [-0.3, -0.25) is 4.79 Å². The van der Waals surface area contributed by atoms with Crippen molar-refractivity contribution in [2.75, 3.05) is 32.7 Å². The SMILES string of the molecule is Cc1ccc(/C=C/C(=O)N2CCC(C(O)CN3CCC4(CCc5ccccc54)CC3)CC2)cc1. The van der Waals surface area contributed by atoms with Crippen molar-refractivity contribution in [2.45, 2.75) is 57.0 Å². The Morgan fingerprint density at radius 2 is 1.74 bits per heavy atom. The van der Waals surface area contributed by atoms with E-state index in [0.717, 1.165) is 51.1 Å². The smallest absolute Gasteiger partial charge is 0.246 e. The molecule has 2 aromatic carbocycles. The maximum absolute atomic E-state index is 12.6. The average Bonchev–Trinajstić information content (AvgIpc) is 3.23. The summed E-state index contributed by atoms with van der Waals surface area (Å²) in [7, 11) is 0. The lowest BCUT2D eigenvalue weighted by Crippen LogP contribution is -2.47. The van der Waals surface area contributed by atoms with Crippen LogP contribution >= 0.6 is 0 Å². The van der Waals surface area contributed by atoms with Crippen molar-refractivity contribution < 1.29 is 9.90 Å². The van der Waals surface area contributed by atoms with Crippen LogP contribution in [0.1, 0.15) is 54.4 Å². The number of carbonyl (C=O) groups is 1. The third kappa shape index (κ3) is 4.99. The second-order valence-electron chi connectivity index (χ2n) is 10.7. The Morgan fingerprint density at radius 1 is 1.03 bits per heavy atom. The van der Waals surface area contributed by atoms with Gasteiger partial charge in [0.1, 0.15) is 0 Å². The van der Waals surface area contributed by atoms with E-state index >= 15 is 0 Å². The van der Waals surface area contributed by atoms with Crippen molar-refractivity contribution in [3.63, 3.8) is 0 Å². The van der Waals surface area contributed by atoms with Crippen molar-refractivity contribution in [2.24, 2.45) is 5.92 Å². The lowest BCUT2D eigenvalue weighted by molar-refractivity contribution is -0.128. The highest BCUT2D eigenvalue weighted by atomic mass is 16.3. The van der Waals surface area contributed by atoms with Crippen LogP contribution in [-0.4, -0.2) is 59.6 Å². The van der Waals surface area contributed by atoms with Gasteiger partial charge in [-0.25, -0.2) is 0 Å². The second-order valence-corrected chi connectivity index (χ2v) is 10.7. The van der Waals surface area contributed by atoms with Crippen LogP contribution in [0.3, 0.4) is 0 Å². The monoisotopic (exact) mass is 458 g/mol. The summed E-state index contributed by atoms with van der Waals surface area (Å²) in [5.41, 5.74) is 5.77. The number of fused-ring (bicyclic) bond motifs is 2. The van der Waals surface area contributed by atoms with Gasteiger partial charge < -0.3 is 14.9 Å². The van der Waals surface area contributed by atoms with Crippen LogP contribution in [0.2, 0.25) is 0 Å². The maximum Gasteiger partial charge on any atom is 0.246 e. The summed E-state index contributed by atoms with van der Waals surface area (Å²) in [6.45, 7) is 6.45. The van der Waals surface area contributed by atoms with Crippen molar-refractivity contribution in [1.29, 1.82) is 0 Å². The second kappa shape index (κ2) is 10.1. The number of aryl methyl sites for hydroxylation is 2. The number of rotatable bonds is 5. The summed E-state index contributed by atoms with van der Waals surface area (Å²) in [4.78, 5) is 17.0. The molecule has 0 radical (unpaired) electrons. The predicted octanol–water partition coefficient (Wildman–Crippen LogP) is 4.59. The first kappa shape index (κ1) is 23.3. The molecule has 1 amide bonds. The van der Waals surface area contributed by atoms with Crippen LogP contribution in [-0.2, 0) is 16.6 Å². The molecule has 1 atom stereocenters. The molecule has 3 aliphatic rings. The Bertz CT molecular complexity index is 1010. The summed E-state index contributed by atoms with van der Waals surface area (Å²) in [6.07, 6.45) is 9.97. The number of hydrogen-bond acceptors (Lipinski definition) is 3. The Hall–Kier alpha value is -2.43. The van der Waals surface area contributed by atoms with E-state index in [1.807, 2.05) is 23.1 Å². The molecule has 2 aromatic rings. The van der Waals surface area contributed by atoms with Gasteiger partial charge in [0.2, 0.25) is 5.91 Å². The number of piperidine rings is 2. The molecule has 4 heteroatoms. The Labute approximate surface area is 204 Å². The molecule has 5 rings (SSSR count). The number of benzene rings is 2. The normalized spacial score (nSPS) is 21.8. The van der Waals surface area contributed by atoms with Crippen LogP contribution < -0.4 is 0 Å². The van der Waals surface area contributed by atoms with Crippen molar-refractivity contribution >= 4 is 12.0 Å². The van der Waals surface area contributed by atoms with E-state index < -0.39 is 0 Å². The minimum absolute atomic E-state index is 0.0756. The summed E-state index contributed by atoms with van der Waals surface area (Å²) >= 11 is 0. The van der Waals surface area contributed by atoms with Crippen LogP contribution in [0.4, 0.5) is 0 Å². The largest absolute Gasteiger partial charge is 0.392 e. The number of hydrogen-bond donors (Lipinski definition) is 1. The topological polar surface area (TPSA) is 43.8 Å². The van der Waals surface area contributed by atoms with Gasteiger partial charge in [0.25, 0.3) is 0 Å². The van der Waals surface area contributed by atoms with E-state index in [2.05, 4.69) is 48.2 Å². The highest BCUT2D eigenvalue weighted by Crippen LogP contribution is 2.46. The lowest BCUT2D eigenvalue weighted by atomic mass is 9.73. The first-order valence-electron chi connectivity index (χ1n) is 13.0. The van der Waals surface area contributed by atoms with Gasteiger partial charge in [-0.05, 0) is 92.6 Å². The van der Waals surface area contributed by atoms with E-state index in [4.69, 9.17) is 0 Å². The zero-order chi connectivity index (χ0) is 23.5. The highest BCUT2D eigenvalue weighted by molar-refractivity contribution is 5.91. The Balaban J connectivity index is 1.07. The van der Waals surface area contributed by atoms with Gasteiger partial charge in [-0.1, -0.05) is 54.1 Å². The average molecular weight is 459 g/mol. The van der Waals surface area contributed by atoms with Crippen LogP contribution in [0, 0.1) is 12.8 Å². The van der Waals surface area contributed by atoms with E-state index in [1.54, 1.807) is 17.2 Å². The number of nitrogens with zero attached hydrogens (tertiary/aromatic N) is 2. The molecule has 1 unspecified atom stereocenters. The fraction of sp³-hybridized carbons (Fsp3) is 0.500. The van der Waals surface area contributed by atoms with Gasteiger partial charge in [-0.15, -0.1) is 0 Å². The molecule has 1 spiro atoms. The first-order chi connectivity index (χ1) is 16.5. The number of aliphatic hydroxyl groups excluding tert-OH is 1. The van der Waals surface area contributed by atoms with Crippen molar-refractivity contribution in [3.8, 4) is 0 Å². The van der Waals surface area contributed by atoms with Gasteiger partial charge in [-0.2, -0.15) is 0 Å². The molecule has 0 saturated carbocycles. The molecule has 2 fully saturated rings. The van der Waals surface area contributed by atoms with Crippen LogP contribution in [0.25, 0.3) is 6.08 Å². The molecule has 1 aliphatic carbocycles. The van der Waals surface area contributed by atoms with Gasteiger partial charge >= 0.3 is 0 Å². The Kier molecular flexibility index (Phi) is 6.89. The number of carbonyl (C=O) groups excluding carboxylic acids is 1. The minimum atomic E-state index is -0.301. The fourth-order valence-corrected chi connectivity index (χ4v) is 6.32. The third-order valence-corrected chi connectivity index (χ3v) is 8.61. The number of β-amino-alcohol motifs (C(OH)–C–C–N with tert-alkyl or cyclic N) is 1. The molecular weight excluding hydrogens is 420 g/mol. The van der Waals surface area contributed by atoms with Crippen LogP contribution in [0.15, 0.2) is 54.6 Å². The molecule has 1 N–H and O–H groups in total. The summed E-state index contributed by atoms with van der Waals surface area (Å²) in [6, 6.07) is 17.2. The minimum Gasteiger partial charge on any atom is -0.392 e. The standard InChI is InChI=1S/C30H38N2O2/c1-23-6-8-24(9-7-23)10-11-29(34)32-18-13-26(14-19-32)28(33)22-31-20-16-30(17-21-31)15-12-25-4-2-3-5-27(25)30/h2-11,26,28,33H,12-22H2,1H3/b11-10+. The lowest BCUT2D eigenvalue weighted by Gasteiger charge is -2.42. The van der Waals surface area contributed by atoms with Crippen molar-refractivity contribution in [3.05, 3.63) is 76.9 Å². The molecule has 0 bridgehead atoms. The Morgan fingerprint density at radius 3 is 2.47 bits per heavy atom. The van der Waals surface area contributed by atoms with Gasteiger partial charge in [0.05, 0.1) is 6.10 Å². The maximum atomic E-state index is 12.6. The molecule has 0 aromatic heterocycles. The number of aliphatic hydroxyl groups is 1. The third-order valence-electron chi connectivity index (χ3n) is 8.61. The molecule has 180 valence electrons.